The summed E-state index contributed by atoms with van der Waals surface area (Å²) in [5, 5.41) is 12.2. The number of carbonyl (C=O) groups excluding carboxylic acids is 1. The van der Waals surface area contributed by atoms with Gasteiger partial charge < -0.3 is 5.32 Å². The van der Waals surface area contributed by atoms with Crippen LogP contribution in [0.2, 0.25) is 0 Å². The van der Waals surface area contributed by atoms with E-state index in [1.807, 2.05) is 12.1 Å². The van der Waals surface area contributed by atoms with E-state index in [2.05, 4.69) is 17.4 Å². The van der Waals surface area contributed by atoms with Gasteiger partial charge in [-0.1, -0.05) is 24.3 Å². The van der Waals surface area contributed by atoms with Crippen molar-refractivity contribution in [1.82, 2.24) is 10.8 Å². The molecule has 0 radical (unpaired) electrons. The highest BCUT2D eigenvalue weighted by Gasteiger charge is 2.55. The zero-order valence-electron chi connectivity index (χ0n) is 14.0. The fourth-order valence-corrected chi connectivity index (χ4v) is 5.62. The van der Waals surface area contributed by atoms with Crippen LogP contribution in [-0.2, 0) is 11.3 Å². The first kappa shape index (κ1) is 15.9. The lowest BCUT2D eigenvalue weighted by molar-refractivity contribution is -0.124. The molecule has 0 spiro atoms. The van der Waals surface area contributed by atoms with Crippen LogP contribution in [0.4, 0.5) is 0 Å². The average Bonchev–Trinajstić information content (AvgIpc) is 3.00. The van der Waals surface area contributed by atoms with Crippen molar-refractivity contribution in [3.63, 3.8) is 0 Å². The zero-order valence-corrected chi connectivity index (χ0v) is 14.0. The molecule has 4 bridgehead atoms. The summed E-state index contributed by atoms with van der Waals surface area (Å²) in [6.45, 7) is 2.07. The highest BCUT2D eigenvalue weighted by atomic mass is 16.5. The van der Waals surface area contributed by atoms with Gasteiger partial charge in [-0.05, 0) is 72.5 Å². The standard InChI is InChI=1S/C20H26N2O2/c23-19(22-24)6-5-14-1-3-15(4-2-14)12-21-13-20-9-16-7-17(10-20)18(8-16)11-20/h1-6,16-18,21,24H,7-13H2,(H,22,23)/b6-5+. The summed E-state index contributed by atoms with van der Waals surface area (Å²) in [5.74, 6) is 2.58. The minimum absolute atomic E-state index is 0.514. The predicted octanol–water partition coefficient (Wildman–Crippen LogP) is 3.12. The van der Waals surface area contributed by atoms with Crippen molar-refractivity contribution in [2.24, 2.45) is 23.2 Å². The third kappa shape index (κ3) is 3.13. The van der Waals surface area contributed by atoms with Gasteiger partial charge in [-0.3, -0.25) is 10.0 Å². The van der Waals surface area contributed by atoms with Crippen LogP contribution in [-0.4, -0.2) is 17.7 Å². The minimum Gasteiger partial charge on any atom is -0.312 e. The summed E-state index contributed by atoms with van der Waals surface area (Å²) < 4.78 is 0. The monoisotopic (exact) mass is 326 g/mol. The number of nitrogens with one attached hydrogen (secondary N) is 2. The number of amides is 1. The van der Waals surface area contributed by atoms with Crippen molar-refractivity contribution < 1.29 is 10.0 Å². The average molecular weight is 326 g/mol. The first-order valence-electron chi connectivity index (χ1n) is 9.08. The van der Waals surface area contributed by atoms with Crippen LogP contribution in [0, 0.1) is 23.2 Å². The molecule has 2 unspecified atom stereocenters. The molecule has 3 N–H and O–H groups in total. The first-order chi connectivity index (χ1) is 11.7. The second-order valence-corrected chi connectivity index (χ2v) is 8.12. The van der Waals surface area contributed by atoms with Crippen LogP contribution in [0.1, 0.15) is 43.2 Å². The summed E-state index contributed by atoms with van der Waals surface area (Å²) in [6.07, 6.45) is 10.4. The van der Waals surface area contributed by atoms with Gasteiger partial charge in [0.05, 0.1) is 0 Å². The zero-order chi connectivity index (χ0) is 16.6. The van der Waals surface area contributed by atoms with Gasteiger partial charge in [0.25, 0.3) is 5.91 Å². The van der Waals surface area contributed by atoms with Crippen LogP contribution < -0.4 is 10.8 Å². The molecule has 4 nitrogen and oxygen atoms in total. The Balaban J connectivity index is 1.28. The van der Waals surface area contributed by atoms with Crippen molar-refractivity contribution in [2.45, 2.75) is 38.6 Å². The predicted molar refractivity (Wildman–Crippen MR) is 93.1 cm³/mol. The molecule has 0 aliphatic heterocycles. The van der Waals surface area contributed by atoms with E-state index in [1.54, 1.807) is 11.6 Å². The lowest BCUT2D eigenvalue weighted by Crippen LogP contribution is -2.37. The maximum Gasteiger partial charge on any atom is 0.267 e. The van der Waals surface area contributed by atoms with E-state index in [9.17, 15) is 4.79 Å². The number of hydrogen-bond acceptors (Lipinski definition) is 3. The van der Waals surface area contributed by atoms with Gasteiger partial charge in [-0.15, -0.1) is 0 Å². The van der Waals surface area contributed by atoms with E-state index >= 15 is 0 Å². The van der Waals surface area contributed by atoms with E-state index < -0.39 is 5.91 Å². The quantitative estimate of drug-likeness (QED) is 0.428. The number of carbonyl (C=O) groups is 1. The maximum absolute atomic E-state index is 11.0. The number of hydrogen-bond donors (Lipinski definition) is 3. The van der Waals surface area contributed by atoms with Crippen molar-refractivity contribution in [3.05, 3.63) is 41.5 Å². The van der Waals surface area contributed by atoms with Crippen molar-refractivity contribution in [2.75, 3.05) is 6.54 Å². The molecular formula is C20H26N2O2. The Morgan fingerprint density at radius 2 is 1.88 bits per heavy atom. The second kappa shape index (κ2) is 6.34. The summed E-state index contributed by atoms with van der Waals surface area (Å²) in [7, 11) is 0. The SMILES string of the molecule is O=C(/C=C/c1ccc(CNCC23CC4CC(C2)C(C4)C3)cc1)NO. The number of rotatable bonds is 6. The molecule has 1 aromatic carbocycles. The van der Waals surface area contributed by atoms with Crippen LogP contribution in [0.5, 0.6) is 0 Å². The molecule has 2 atom stereocenters. The molecule has 5 rings (SSSR count). The molecule has 128 valence electrons. The Bertz CT molecular complexity index is 618. The second-order valence-electron chi connectivity index (χ2n) is 8.12. The normalized spacial score (nSPS) is 33.5. The molecule has 0 aromatic heterocycles. The van der Waals surface area contributed by atoms with Crippen LogP contribution in [0.25, 0.3) is 6.08 Å². The molecule has 4 aliphatic carbocycles. The van der Waals surface area contributed by atoms with Gasteiger partial charge >= 0.3 is 0 Å². The van der Waals surface area contributed by atoms with E-state index in [4.69, 9.17) is 5.21 Å². The topological polar surface area (TPSA) is 61.4 Å². The fourth-order valence-electron chi connectivity index (χ4n) is 5.62. The number of benzene rings is 1. The smallest absolute Gasteiger partial charge is 0.267 e. The largest absolute Gasteiger partial charge is 0.312 e. The maximum atomic E-state index is 11.0. The van der Waals surface area contributed by atoms with E-state index in [0.717, 1.165) is 36.4 Å². The highest BCUT2D eigenvalue weighted by molar-refractivity contribution is 5.90. The fraction of sp³-hybridized carbons (Fsp3) is 0.550. The Hall–Kier alpha value is -1.65. The minimum atomic E-state index is -0.514. The molecule has 4 heteroatoms. The molecule has 0 heterocycles. The van der Waals surface area contributed by atoms with E-state index in [0.29, 0.717) is 5.41 Å². The van der Waals surface area contributed by atoms with Gasteiger partial charge in [0.2, 0.25) is 0 Å². The summed E-state index contributed by atoms with van der Waals surface area (Å²) in [4.78, 5) is 11.0. The lowest BCUT2D eigenvalue weighted by atomic mass is 9.69. The van der Waals surface area contributed by atoms with E-state index in [-0.39, 0.29) is 0 Å². The summed E-state index contributed by atoms with van der Waals surface area (Å²) >= 11 is 0. The van der Waals surface area contributed by atoms with Gasteiger partial charge in [0.15, 0.2) is 0 Å². The summed E-state index contributed by atoms with van der Waals surface area (Å²) in [5.41, 5.74) is 4.40. The third-order valence-electron chi connectivity index (χ3n) is 6.40. The van der Waals surface area contributed by atoms with Gasteiger partial charge in [0, 0.05) is 19.2 Å². The molecule has 4 aliphatic rings. The Morgan fingerprint density at radius 3 is 2.50 bits per heavy atom. The van der Waals surface area contributed by atoms with Gasteiger partial charge in [0.1, 0.15) is 0 Å². The molecule has 4 saturated carbocycles. The van der Waals surface area contributed by atoms with Crippen molar-refractivity contribution in [3.8, 4) is 0 Å². The molecular weight excluding hydrogens is 300 g/mol. The van der Waals surface area contributed by atoms with Crippen LogP contribution in [0.3, 0.4) is 0 Å². The molecule has 24 heavy (non-hydrogen) atoms. The van der Waals surface area contributed by atoms with Crippen molar-refractivity contribution in [1.29, 1.82) is 0 Å². The third-order valence-corrected chi connectivity index (χ3v) is 6.40. The summed E-state index contributed by atoms with van der Waals surface area (Å²) in [6, 6.07) is 8.18. The Labute approximate surface area is 143 Å². The Kier molecular flexibility index (Phi) is 4.19. The van der Waals surface area contributed by atoms with Crippen molar-refractivity contribution >= 4 is 12.0 Å². The van der Waals surface area contributed by atoms with Crippen LogP contribution >= 0.6 is 0 Å². The van der Waals surface area contributed by atoms with E-state index in [1.165, 1.54) is 43.7 Å². The molecule has 0 saturated heterocycles. The van der Waals surface area contributed by atoms with Crippen LogP contribution in [0.15, 0.2) is 30.3 Å². The Morgan fingerprint density at radius 1 is 1.17 bits per heavy atom. The number of hydroxylamine groups is 1. The molecule has 4 fully saturated rings. The first-order valence-corrected chi connectivity index (χ1v) is 9.08. The van der Waals surface area contributed by atoms with Gasteiger partial charge in [-0.2, -0.15) is 0 Å². The highest BCUT2D eigenvalue weighted by Crippen LogP contribution is 2.63. The molecule has 1 aromatic rings. The van der Waals surface area contributed by atoms with Gasteiger partial charge in [-0.25, -0.2) is 5.48 Å². The lowest BCUT2D eigenvalue weighted by Gasteiger charge is -2.38. The molecule has 1 amide bonds.